The zero-order valence-corrected chi connectivity index (χ0v) is 19.6. The van der Waals surface area contributed by atoms with Crippen LogP contribution in [0.15, 0.2) is 24.7 Å². The normalized spacial score (nSPS) is 23.0. The van der Waals surface area contributed by atoms with Gasteiger partial charge in [-0.2, -0.15) is 0 Å². The SMILES string of the molecule is CC1(C)C[C@H](CNc2cncc(-c3cc(CC(=O)[C@@H]4CCCNC4)ncc3Cl)n2)CCO1. The van der Waals surface area contributed by atoms with Crippen molar-refractivity contribution in [3.8, 4) is 11.3 Å². The van der Waals surface area contributed by atoms with Gasteiger partial charge in [-0.05, 0) is 58.1 Å². The van der Waals surface area contributed by atoms with E-state index in [4.69, 9.17) is 21.3 Å². The molecule has 2 aromatic rings. The van der Waals surface area contributed by atoms with E-state index in [0.29, 0.717) is 34.6 Å². The van der Waals surface area contributed by atoms with Crippen LogP contribution >= 0.6 is 11.6 Å². The van der Waals surface area contributed by atoms with Crippen LogP contribution in [-0.2, 0) is 16.0 Å². The van der Waals surface area contributed by atoms with Crippen molar-refractivity contribution in [1.82, 2.24) is 20.3 Å². The summed E-state index contributed by atoms with van der Waals surface area (Å²) in [4.78, 5) is 26.1. The van der Waals surface area contributed by atoms with Crippen LogP contribution in [0.25, 0.3) is 11.3 Å². The number of halogens is 1. The molecule has 2 aromatic heterocycles. The molecule has 2 aliphatic heterocycles. The Hall–Kier alpha value is -2.09. The lowest BCUT2D eigenvalue weighted by molar-refractivity contribution is -0.122. The quantitative estimate of drug-likeness (QED) is 0.651. The number of piperidine rings is 1. The molecular weight excluding hydrogens is 426 g/mol. The van der Waals surface area contributed by atoms with E-state index in [9.17, 15) is 4.79 Å². The minimum absolute atomic E-state index is 0.0622. The summed E-state index contributed by atoms with van der Waals surface area (Å²) >= 11 is 6.44. The van der Waals surface area contributed by atoms with Crippen LogP contribution in [-0.4, -0.2) is 52.6 Å². The fraction of sp³-hybridized carbons (Fsp3) is 0.583. The minimum atomic E-state index is -0.0792. The van der Waals surface area contributed by atoms with Gasteiger partial charge in [-0.15, -0.1) is 0 Å². The Kier molecular flexibility index (Phi) is 7.38. The number of hydrogen-bond acceptors (Lipinski definition) is 7. The number of pyridine rings is 1. The number of ketones is 1. The third kappa shape index (κ3) is 6.03. The molecule has 0 aliphatic carbocycles. The Balaban J connectivity index is 1.43. The number of nitrogens with one attached hydrogen (secondary N) is 2. The van der Waals surface area contributed by atoms with E-state index in [1.165, 1.54) is 0 Å². The highest BCUT2D eigenvalue weighted by atomic mass is 35.5. The lowest BCUT2D eigenvalue weighted by Gasteiger charge is -2.35. The Morgan fingerprint density at radius 3 is 2.97 bits per heavy atom. The van der Waals surface area contributed by atoms with Crippen LogP contribution in [0.3, 0.4) is 0 Å². The third-order valence-electron chi connectivity index (χ3n) is 6.30. The van der Waals surface area contributed by atoms with E-state index < -0.39 is 0 Å². The van der Waals surface area contributed by atoms with Crippen LogP contribution < -0.4 is 10.6 Å². The molecule has 2 fully saturated rings. The molecule has 7 nitrogen and oxygen atoms in total. The molecule has 2 saturated heterocycles. The van der Waals surface area contributed by atoms with Crippen LogP contribution in [0.5, 0.6) is 0 Å². The number of carbonyl (C=O) groups excluding carboxylic acids is 1. The lowest BCUT2D eigenvalue weighted by Crippen LogP contribution is -2.36. The van der Waals surface area contributed by atoms with E-state index in [1.807, 2.05) is 6.07 Å². The van der Waals surface area contributed by atoms with Gasteiger partial charge in [0.25, 0.3) is 0 Å². The highest BCUT2D eigenvalue weighted by Gasteiger charge is 2.28. The Morgan fingerprint density at radius 1 is 1.31 bits per heavy atom. The van der Waals surface area contributed by atoms with Gasteiger partial charge in [-0.25, -0.2) is 4.98 Å². The average molecular weight is 458 g/mol. The van der Waals surface area contributed by atoms with Gasteiger partial charge in [0.1, 0.15) is 11.6 Å². The molecule has 0 bridgehead atoms. The molecular formula is C24H32ClN5O2. The van der Waals surface area contributed by atoms with Crippen molar-refractivity contribution in [3.63, 3.8) is 0 Å². The van der Waals surface area contributed by atoms with Crippen molar-refractivity contribution in [3.05, 3.63) is 35.4 Å². The maximum atomic E-state index is 12.7. The summed E-state index contributed by atoms with van der Waals surface area (Å²) in [6, 6.07) is 1.87. The molecule has 2 atom stereocenters. The fourth-order valence-corrected chi connectivity index (χ4v) is 4.79. The molecule has 0 unspecified atom stereocenters. The monoisotopic (exact) mass is 457 g/mol. The Labute approximate surface area is 194 Å². The van der Waals surface area contributed by atoms with Gasteiger partial charge < -0.3 is 15.4 Å². The minimum Gasteiger partial charge on any atom is -0.376 e. The Bertz CT molecular complexity index is 946. The molecule has 0 spiro atoms. The molecule has 2 aliphatic rings. The molecule has 0 aromatic carbocycles. The highest BCUT2D eigenvalue weighted by Crippen LogP contribution is 2.30. The van der Waals surface area contributed by atoms with Gasteiger partial charge in [-0.1, -0.05) is 11.6 Å². The van der Waals surface area contributed by atoms with E-state index in [2.05, 4.69) is 34.4 Å². The maximum absolute atomic E-state index is 12.7. The highest BCUT2D eigenvalue weighted by molar-refractivity contribution is 6.33. The van der Waals surface area contributed by atoms with E-state index in [-0.39, 0.29) is 17.3 Å². The number of ether oxygens (including phenoxy) is 1. The number of hydrogen-bond donors (Lipinski definition) is 2. The van der Waals surface area contributed by atoms with Gasteiger partial charge in [0.15, 0.2) is 0 Å². The first-order chi connectivity index (χ1) is 15.4. The zero-order valence-electron chi connectivity index (χ0n) is 18.9. The molecule has 0 radical (unpaired) electrons. The first-order valence-electron chi connectivity index (χ1n) is 11.5. The van der Waals surface area contributed by atoms with Crippen LogP contribution in [0.2, 0.25) is 5.02 Å². The van der Waals surface area contributed by atoms with Crippen molar-refractivity contribution in [2.24, 2.45) is 11.8 Å². The van der Waals surface area contributed by atoms with Crippen LogP contribution in [0.4, 0.5) is 5.82 Å². The number of anilines is 1. The number of aromatic nitrogens is 3. The fourth-order valence-electron chi connectivity index (χ4n) is 4.59. The van der Waals surface area contributed by atoms with Crippen molar-refractivity contribution in [1.29, 1.82) is 0 Å². The second-order valence-electron chi connectivity index (χ2n) is 9.48. The summed E-state index contributed by atoms with van der Waals surface area (Å²) in [6.45, 7) is 7.63. The molecule has 8 heteroatoms. The molecule has 4 heterocycles. The number of carbonyl (C=O) groups is 1. The first-order valence-corrected chi connectivity index (χ1v) is 11.9. The summed E-state index contributed by atoms with van der Waals surface area (Å²) in [5.74, 6) is 1.53. The van der Waals surface area contributed by atoms with Crippen molar-refractivity contribution in [2.75, 3.05) is 31.6 Å². The van der Waals surface area contributed by atoms with E-state index in [0.717, 1.165) is 57.5 Å². The van der Waals surface area contributed by atoms with Crippen molar-refractivity contribution >= 4 is 23.2 Å². The average Bonchev–Trinajstić information content (AvgIpc) is 2.79. The smallest absolute Gasteiger partial charge is 0.145 e. The van der Waals surface area contributed by atoms with Gasteiger partial charge >= 0.3 is 0 Å². The second-order valence-corrected chi connectivity index (χ2v) is 9.89. The zero-order chi connectivity index (χ0) is 22.6. The maximum Gasteiger partial charge on any atom is 0.145 e. The summed E-state index contributed by atoms with van der Waals surface area (Å²) in [6.07, 6.45) is 9.35. The van der Waals surface area contributed by atoms with Gasteiger partial charge in [0.2, 0.25) is 0 Å². The first kappa shape index (κ1) is 23.1. The van der Waals surface area contributed by atoms with Crippen LogP contribution in [0, 0.1) is 11.8 Å². The lowest BCUT2D eigenvalue weighted by atomic mass is 9.88. The molecule has 0 amide bonds. The van der Waals surface area contributed by atoms with Gasteiger partial charge in [0, 0.05) is 49.5 Å². The standard InChI is InChI=1S/C24H32ClN5O2/c1-24(2)10-16(5-7-32-24)11-29-23-15-27-14-21(30-23)19-8-18(28-13-20(19)25)9-22(31)17-4-3-6-26-12-17/h8,13-17,26H,3-7,9-12H2,1-2H3,(H,29,30)/t16-,17-/m1/s1. The summed E-state index contributed by atoms with van der Waals surface area (Å²) < 4.78 is 5.81. The largest absolute Gasteiger partial charge is 0.376 e. The molecule has 0 saturated carbocycles. The van der Waals surface area contributed by atoms with Crippen LogP contribution in [0.1, 0.15) is 45.2 Å². The topological polar surface area (TPSA) is 89.0 Å². The molecule has 2 N–H and O–H groups in total. The second kappa shape index (κ2) is 10.2. The summed E-state index contributed by atoms with van der Waals surface area (Å²) in [5.41, 5.74) is 2.05. The van der Waals surface area contributed by atoms with Crippen molar-refractivity contribution in [2.45, 2.75) is 51.6 Å². The van der Waals surface area contributed by atoms with E-state index >= 15 is 0 Å². The molecule has 4 rings (SSSR count). The van der Waals surface area contributed by atoms with Crippen molar-refractivity contribution < 1.29 is 9.53 Å². The summed E-state index contributed by atoms with van der Waals surface area (Å²) in [5, 5.41) is 7.22. The number of Topliss-reactive ketones (excluding diaryl/α,β-unsaturated/α-hetero) is 1. The number of rotatable bonds is 7. The predicted molar refractivity (Wildman–Crippen MR) is 126 cm³/mol. The van der Waals surface area contributed by atoms with Gasteiger partial charge in [-0.3, -0.25) is 14.8 Å². The van der Waals surface area contributed by atoms with E-state index in [1.54, 1.807) is 18.6 Å². The third-order valence-corrected chi connectivity index (χ3v) is 6.60. The Morgan fingerprint density at radius 2 is 2.19 bits per heavy atom. The summed E-state index contributed by atoms with van der Waals surface area (Å²) in [7, 11) is 0. The van der Waals surface area contributed by atoms with Gasteiger partial charge in [0.05, 0.1) is 28.7 Å². The molecule has 172 valence electrons. The molecule has 32 heavy (non-hydrogen) atoms. The predicted octanol–water partition coefficient (Wildman–Crippen LogP) is 3.92. The number of nitrogens with zero attached hydrogens (tertiary/aromatic N) is 3.